The van der Waals surface area contributed by atoms with Crippen molar-refractivity contribution in [2.45, 2.75) is 17.4 Å². The molecule has 0 rings (SSSR count). The first-order chi connectivity index (χ1) is 4.18. The lowest BCUT2D eigenvalue weighted by atomic mass is 10.3. The van der Waals surface area contributed by atoms with Gasteiger partial charge in [0, 0.05) is 6.42 Å². The summed E-state index contributed by atoms with van der Waals surface area (Å²) in [4.78, 5) is 0. The molecule has 0 aliphatic heterocycles. The lowest BCUT2D eigenvalue weighted by Gasteiger charge is -2.21. The largest absolute Gasteiger partial charge is 0.147 e. The van der Waals surface area contributed by atoms with Gasteiger partial charge >= 0.3 is 0 Å². The van der Waals surface area contributed by atoms with E-state index >= 15 is 0 Å². The second kappa shape index (κ2) is 4.14. The molecule has 0 aliphatic rings. The molecule has 0 bridgehead atoms. The normalized spacial score (nSPS) is 10.9. The molecule has 0 unspecified atom stereocenters. The van der Waals surface area contributed by atoms with Gasteiger partial charge in [0.25, 0.3) is 0 Å². The number of hydrogen-bond donors (Lipinski definition) is 0. The van der Waals surface area contributed by atoms with E-state index in [1.54, 1.807) is 0 Å². The van der Waals surface area contributed by atoms with Crippen LogP contribution in [0.1, 0.15) is 13.3 Å². The SMILES string of the molecule is C#CCC(C)(SC)SC. The average Bonchev–Trinajstić information content (AvgIpc) is 1.89. The van der Waals surface area contributed by atoms with Gasteiger partial charge in [-0.05, 0) is 19.4 Å². The number of thioether (sulfide) groups is 2. The highest BCUT2D eigenvalue weighted by Crippen LogP contribution is 2.35. The van der Waals surface area contributed by atoms with E-state index in [1.807, 2.05) is 23.5 Å². The Morgan fingerprint density at radius 1 is 1.44 bits per heavy atom. The maximum absolute atomic E-state index is 5.19. The molecule has 0 saturated carbocycles. The number of rotatable bonds is 3. The van der Waals surface area contributed by atoms with Crippen molar-refractivity contribution in [3.63, 3.8) is 0 Å². The van der Waals surface area contributed by atoms with E-state index in [4.69, 9.17) is 6.42 Å². The summed E-state index contributed by atoms with van der Waals surface area (Å²) < 4.78 is 0.231. The highest BCUT2D eigenvalue weighted by atomic mass is 32.2. The van der Waals surface area contributed by atoms with Crippen LogP contribution in [0.25, 0.3) is 0 Å². The van der Waals surface area contributed by atoms with Gasteiger partial charge in [-0.3, -0.25) is 0 Å². The summed E-state index contributed by atoms with van der Waals surface area (Å²) in [5.74, 6) is 2.67. The van der Waals surface area contributed by atoms with Gasteiger partial charge in [-0.25, -0.2) is 0 Å². The van der Waals surface area contributed by atoms with E-state index in [9.17, 15) is 0 Å². The zero-order valence-electron chi connectivity index (χ0n) is 6.10. The van der Waals surface area contributed by atoms with Crippen LogP contribution in [0.15, 0.2) is 0 Å². The molecule has 0 fully saturated rings. The summed E-state index contributed by atoms with van der Waals surface area (Å²) in [7, 11) is 0. The molecule has 0 aromatic heterocycles. The standard InChI is InChI=1S/C7H12S2/c1-5-6-7(2,8-3)9-4/h1H,6H2,2-4H3. The van der Waals surface area contributed by atoms with E-state index in [0.717, 1.165) is 6.42 Å². The summed E-state index contributed by atoms with van der Waals surface area (Å²) >= 11 is 3.63. The Labute approximate surface area is 66.2 Å². The van der Waals surface area contributed by atoms with Gasteiger partial charge in [0.1, 0.15) is 0 Å². The Bertz CT molecular complexity index is 109. The summed E-state index contributed by atoms with van der Waals surface area (Å²) in [5, 5.41) is 0. The Balaban J connectivity index is 3.80. The van der Waals surface area contributed by atoms with Crippen molar-refractivity contribution in [3.8, 4) is 12.3 Å². The molecular weight excluding hydrogens is 148 g/mol. The summed E-state index contributed by atoms with van der Waals surface area (Å²) in [6, 6.07) is 0. The van der Waals surface area contributed by atoms with Gasteiger partial charge < -0.3 is 0 Å². The van der Waals surface area contributed by atoms with E-state index < -0.39 is 0 Å². The second-order valence-corrected chi connectivity index (χ2v) is 4.80. The van der Waals surface area contributed by atoms with Gasteiger partial charge in [-0.15, -0.1) is 35.9 Å². The minimum atomic E-state index is 0.231. The van der Waals surface area contributed by atoms with Crippen molar-refractivity contribution in [1.82, 2.24) is 0 Å². The molecule has 0 radical (unpaired) electrons. The molecule has 0 saturated heterocycles. The van der Waals surface area contributed by atoms with Crippen LogP contribution in [-0.4, -0.2) is 16.6 Å². The van der Waals surface area contributed by atoms with Crippen molar-refractivity contribution in [1.29, 1.82) is 0 Å². The van der Waals surface area contributed by atoms with E-state index in [-0.39, 0.29) is 4.08 Å². The lowest BCUT2D eigenvalue weighted by Crippen LogP contribution is -2.11. The first-order valence-corrected chi connectivity index (χ1v) is 5.17. The number of hydrogen-bond acceptors (Lipinski definition) is 2. The van der Waals surface area contributed by atoms with E-state index in [2.05, 4.69) is 25.4 Å². The second-order valence-electron chi connectivity index (χ2n) is 1.92. The van der Waals surface area contributed by atoms with Crippen molar-refractivity contribution in [2.24, 2.45) is 0 Å². The topological polar surface area (TPSA) is 0 Å². The quantitative estimate of drug-likeness (QED) is 0.459. The lowest BCUT2D eigenvalue weighted by molar-refractivity contribution is 0.940. The maximum Gasteiger partial charge on any atom is 0.0686 e. The van der Waals surface area contributed by atoms with Crippen molar-refractivity contribution in [3.05, 3.63) is 0 Å². The third-order valence-electron chi connectivity index (χ3n) is 1.29. The Morgan fingerprint density at radius 3 is 2.00 bits per heavy atom. The summed E-state index contributed by atoms with van der Waals surface area (Å²) in [6.45, 7) is 2.17. The minimum Gasteiger partial charge on any atom is -0.147 e. The molecule has 0 nitrogen and oxygen atoms in total. The molecule has 2 heteroatoms. The van der Waals surface area contributed by atoms with Gasteiger partial charge in [-0.1, -0.05) is 0 Å². The third kappa shape index (κ3) is 3.07. The van der Waals surface area contributed by atoms with Crippen LogP contribution < -0.4 is 0 Å². The molecule has 0 atom stereocenters. The fraction of sp³-hybridized carbons (Fsp3) is 0.714. The summed E-state index contributed by atoms with van der Waals surface area (Å²) in [5.41, 5.74) is 0. The van der Waals surface area contributed by atoms with Gasteiger partial charge in [0.15, 0.2) is 0 Å². The van der Waals surface area contributed by atoms with E-state index in [0.29, 0.717) is 0 Å². The number of terminal acetylenes is 1. The molecule has 0 heterocycles. The molecule has 0 amide bonds. The van der Waals surface area contributed by atoms with Crippen molar-refractivity contribution in [2.75, 3.05) is 12.5 Å². The Hall–Kier alpha value is 0.260. The Morgan fingerprint density at radius 2 is 1.89 bits per heavy atom. The third-order valence-corrected chi connectivity index (χ3v) is 4.30. The van der Waals surface area contributed by atoms with Gasteiger partial charge in [0.2, 0.25) is 0 Å². The average molecular weight is 160 g/mol. The van der Waals surface area contributed by atoms with Crippen molar-refractivity contribution < 1.29 is 0 Å². The van der Waals surface area contributed by atoms with Crippen LogP contribution in [0.4, 0.5) is 0 Å². The van der Waals surface area contributed by atoms with Crippen LogP contribution >= 0.6 is 23.5 Å². The molecule has 0 spiro atoms. The minimum absolute atomic E-state index is 0.231. The van der Waals surface area contributed by atoms with Crippen LogP contribution in [0, 0.1) is 12.3 Å². The zero-order chi connectivity index (χ0) is 7.33. The van der Waals surface area contributed by atoms with Crippen LogP contribution in [0.2, 0.25) is 0 Å². The van der Waals surface area contributed by atoms with Gasteiger partial charge in [0.05, 0.1) is 4.08 Å². The first-order valence-electron chi connectivity index (χ1n) is 2.72. The summed E-state index contributed by atoms with van der Waals surface area (Å²) in [6.07, 6.45) is 10.2. The molecule has 0 aromatic carbocycles. The molecule has 0 aliphatic carbocycles. The molecule has 52 valence electrons. The maximum atomic E-state index is 5.19. The van der Waals surface area contributed by atoms with Crippen LogP contribution in [0.3, 0.4) is 0 Å². The smallest absolute Gasteiger partial charge is 0.0686 e. The van der Waals surface area contributed by atoms with Crippen molar-refractivity contribution >= 4 is 23.5 Å². The molecular formula is C7H12S2. The monoisotopic (exact) mass is 160 g/mol. The van der Waals surface area contributed by atoms with Gasteiger partial charge in [-0.2, -0.15) is 0 Å². The fourth-order valence-corrected chi connectivity index (χ4v) is 1.54. The molecule has 0 N–H and O–H groups in total. The van der Waals surface area contributed by atoms with E-state index in [1.165, 1.54) is 0 Å². The first kappa shape index (κ1) is 9.26. The van der Waals surface area contributed by atoms with Crippen LogP contribution in [0.5, 0.6) is 0 Å². The molecule has 0 aromatic rings. The Kier molecular flexibility index (Phi) is 4.26. The highest BCUT2D eigenvalue weighted by molar-refractivity contribution is 8.17. The zero-order valence-corrected chi connectivity index (χ0v) is 7.73. The molecule has 9 heavy (non-hydrogen) atoms. The van der Waals surface area contributed by atoms with Crippen LogP contribution in [-0.2, 0) is 0 Å². The predicted octanol–water partition coefficient (Wildman–Crippen LogP) is 2.45. The fourth-order valence-electron chi connectivity index (χ4n) is 0.413. The predicted molar refractivity (Wildman–Crippen MR) is 48.9 cm³/mol. The highest BCUT2D eigenvalue weighted by Gasteiger charge is 2.18.